The molecule has 182 valence electrons. The van der Waals surface area contributed by atoms with Crippen molar-refractivity contribution in [2.75, 3.05) is 27.2 Å². The number of fused-ring (bicyclic) bond motifs is 1. The first-order valence-electron chi connectivity index (χ1n) is 11.6. The summed E-state index contributed by atoms with van der Waals surface area (Å²) in [5, 5.41) is 4.38. The Morgan fingerprint density at radius 3 is 2.91 bits per heavy atom. The van der Waals surface area contributed by atoms with Gasteiger partial charge in [-0.1, -0.05) is 36.4 Å². The largest absolute Gasteiger partial charge is 0.487 e. The van der Waals surface area contributed by atoms with E-state index < -0.39 is 0 Å². The number of nitrogens with one attached hydrogen (secondary N) is 1. The Kier molecular flexibility index (Phi) is 7.56. The number of para-hydroxylation sites is 1. The molecule has 0 radical (unpaired) electrons. The minimum Gasteiger partial charge on any atom is -0.487 e. The summed E-state index contributed by atoms with van der Waals surface area (Å²) in [6.07, 6.45) is 8.03. The van der Waals surface area contributed by atoms with Gasteiger partial charge >= 0.3 is 6.03 Å². The molecule has 0 atom stereocenters. The van der Waals surface area contributed by atoms with Gasteiger partial charge in [0, 0.05) is 74.0 Å². The Hall–Kier alpha value is -3.58. The Balaban J connectivity index is 1.67. The molecular formula is C27H30ClN5O2. The van der Waals surface area contributed by atoms with Gasteiger partial charge in [0.2, 0.25) is 0 Å². The zero-order valence-corrected chi connectivity index (χ0v) is 21.1. The highest BCUT2D eigenvalue weighted by Gasteiger charge is 2.20. The normalized spacial score (nSPS) is 14.1. The smallest absolute Gasteiger partial charge is 0.317 e. The minimum absolute atomic E-state index is 0.0753. The molecule has 4 rings (SSSR count). The van der Waals surface area contributed by atoms with E-state index in [4.69, 9.17) is 21.3 Å². The number of carbonyl (C=O) groups excluding carboxylic acids is 1. The Morgan fingerprint density at radius 1 is 1.34 bits per heavy atom. The van der Waals surface area contributed by atoms with Gasteiger partial charge in [-0.2, -0.15) is 0 Å². The second-order valence-electron chi connectivity index (χ2n) is 8.70. The summed E-state index contributed by atoms with van der Waals surface area (Å²) in [6.45, 7) is 7.89. The number of hydrogen-bond acceptors (Lipinski definition) is 5. The first-order chi connectivity index (χ1) is 16.9. The van der Waals surface area contributed by atoms with Crippen molar-refractivity contribution in [2.45, 2.75) is 26.5 Å². The summed E-state index contributed by atoms with van der Waals surface area (Å²) in [5.41, 5.74) is 5.43. The van der Waals surface area contributed by atoms with Crippen LogP contribution in [0.5, 0.6) is 5.75 Å². The number of rotatable bonds is 8. The van der Waals surface area contributed by atoms with Crippen LogP contribution in [0.1, 0.15) is 28.8 Å². The summed E-state index contributed by atoms with van der Waals surface area (Å²) in [6, 6.07) is 7.92. The molecule has 1 fully saturated rings. The van der Waals surface area contributed by atoms with E-state index in [1.807, 2.05) is 45.3 Å². The van der Waals surface area contributed by atoms with Gasteiger partial charge in [0.1, 0.15) is 17.9 Å². The molecule has 35 heavy (non-hydrogen) atoms. The zero-order chi connectivity index (χ0) is 24.9. The van der Waals surface area contributed by atoms with Gasteiger partial charge in [0.25, 0.3) is 0 Å². The summed E-state index contributed by atoms with van der Waals surface area (Å²) < 4.78 is 6.31. The molecule has 0 spiro atoms. The monoisotopic (exact) mass is 491 g/mol. The minimum atomic E-state index is -0.0753. The van der Waals surface area contributed by atoms with Crippen molar-refractivity contribution >= 4 is 34.2 Å². The number of aryl methyl sites for hydroxylation is 1. The zero-order valence-electron chi connectivity index (χ0n) is 20.3. The molecule has 2 amide bonds. The van der Waals surface area contributed by atoms with Gasteiger partial charge < -0.3 is 19.9 Å². The Labute approximate surface area is 211 Å². The van der Waals surface area contributed by atoms with Gasteiger partial charge in [-0.05, 0) is 37.1 Å². The van der Waals surface area contributed by atoms with Crippen molar-refractivity contribution < 1.29 is 9.53 Å². The predicted molar refractivity (Wildman–Crippen MR) is 140 cm³/mol. The summed E-state index contributed by atoms with van der Waals surface area (Å²) in [5.74, 6) is 0.665. The van der Waals surface area contributed by atoms with Crippen LogP contribution in [0.2, 0.25) is 5.02 Å². The lowest BCUT2D eigenvalue weighted by Gasteiger charge is -2.28. The van der Waals surface area contributed by atoms with Crippen molar-refractivity contribution in [1.82, 2.24) is 25.1 Å². The van der Waals surface area contributed by atoms with Crippen molar-refractivity contribution in [3.8, 4) is 5.75 Å². The second-order valence-corrected chi connectivity index (χ2v) is 9.11. The van der Waals surface area contributed by atoms with Crippen LogP contribution in [0.15, 0.2) is 55.4 Å². The quantitative estimate of drug-likeness (QED) is 0.440. The van der Waals surface area contributed by atoms with Gasteiger partial charge in [0.05, 0.1) is 5.02 Å². The molecule has 0 bridgehead atoms. The van der Waals surface area contributed by atoms with E-state index in [0.717, 1.165) is 45.4 Å². The molecule has 0 unspecified atom stereocenters. The molecule has 3 heterocycles. The van der Waals surface area contributed by atoms with Crippen molar-refractivity contribution in [2.24, 2.45) is 0 Å². The number of pyridine rings is 2. The second kappa shape index (κ2) is 10.8. The fraction of sp³-hybridized carbons (Fsp3) is 0.296. The van der Waals surface area contributed by atoms with Crippen LogP contribution in [0.25, 0.3) is 16.6 Å². The summed E-state index contributed by atoms with van der Waals surface area (Å²) in [7, 11) is 4.01. The molecule has 1 aliphatic rings. The fourth-order valence-corrected chi connectivity index (χ4v) is 4.49. The van der Waals surface area contributed by atoms with E-state index in [2.05, 4.69) is 27.8 Å². The maximum Gasteiger partial charge on any atom is 0.317 e. The summed E-state index contributed by atoms with van der Waals surface area (Å²) in [4.78, 5) is 25.1. The van der Waals surface area contributed by atoms with Crippen LogP contribution in [0.4, 0.5) is 4.79 Å². The average molecular weight is 492 g/mol. The Morgan fingerprint density at radius 2 is 2.17 bits per heavy atom. The number of benzene rings is 1. The lowest BCUT2D eigenvalue weighted by molar-refractivity contribution is 0.182. The lowest BCUT2D eigenvalue weighted by Crippen LogP contribution is -2.45. The fourth-order valence-electron chi connectivity index (χ4n) is 4.25. The van der Waals surface area contributed by atoms with Crippen LogP contribution in [-0.2, 0) is 13.2 Å². The van der Waals surface area contributed by atoms with Crippen LogP contribution in [0, 0.1) is 6.92 Å². The number of hydrogen-bond donors (Lipinski definition) is 1. The number of urea groups is 1. The van der Waals surface area contributed by atoms with E-state index in [9.17, 15) is 4.79 Å². The van der Waals surface area contributed by atoms with E-state index in [0.29, 0.717) is 30.4 Å². The van der Waals surface area contributed by atoms with Crippen molar-refractivity contribution in [1.29, 1.82) is 0 Å². The SMILES string of the molecule is C=C/C=C(/c1cc(C)nc2c(OCc3c(Cl)cncc3CN3CCCNC3=O)cccc12)N(C)C. The number of ether oxygens (including phenoxy) is 1. The van der Waals surface area contributed by atoms with Crippen LogP contribution >= 0.6 is 11.6 Å². The Bertz CT molecular complexity index is 1290. The summed E-state index contributed by atoms with van der Waals surface area (Å²) >= 11 is 6.53. The third-order valence-electron chi connectivity index (χ3n) is 5.96. The molecule has 3 aromatic rings. The molecule has 1 saturated heterocycles. The predicted octanol–water partition coefficient (Wildman–Crippen LogP) is 5.17. The molecule has 1 aliphatic heterocycles. The number of aromatic nitrogens is 2. The topological polar surface area (TPSA) is 70.6 Å². The molecule has 1 aromatic carbocycles. The van der Waals surface area contributed by atoms with Crippen molar-refractivity contribution in [3.63, 3.8) is 0 Å². The highest BCUT2D eigenvalue weighted by atomic mass is 35.5. The third-order valence-corrected chi connectivity index (χ3v) is 6.29. The maximum atomic E-state index is 12.2. The highest BCUT2D eigenvalue weighted by molar-refractivity contribution is 6.31. The van der Waals surface area contributed by atoms with Gasteiger partial charge in [-0.3, -0.25) is 4.98 Å². The maximum absolute atomic E-state index is 12.2. The molecule has 0 saturated carbocycles. The highest BCUT2D eigenvalue weighted by Crippen LogP contribution is 2.33. The number of nitrogens with zero attached hydrogens (tertiary/aromatic N) is 4. The average Bonchev–Trinajstić information content (AvgIpc) is 2.83. The third kappa shape index (κ3) is 5.41. The number of amides is 2. The van der Waals surface area contributed by atoms with E-state index in [1.54, 1.807) is 23.4 Å². The molecule has 8 heteroatoms. The first-order valence-corrected chi connectivity index (χ1v) is 11.9. The molecule has 0 aliphatic carbocycles. The van der Waals surface area contributed by atoms with Crippen LogP contribution < -0.4 is 10.1 Å². The number of allylic oxidation sites excluding steroid dienone is 2. The first kappa shape index (κ1) is 24.5. The van der Waals surface area contributed by atoms with E-state index in [-0.39, 0.29) is 12.6 Å². The van der Waals surface area contributed by atoms with E-state index >= 15 is 0 Å². The molecule has 7 nitrogen and oxygen atoms in total. The van der Waals surface area contributed by atoms with E-state index in [1.165, 1.54) is 0 Å². The van der Waals surface area contributed by atoms with Gasteiger partial charge in [-0.15, -0.1) is 0 Å². The van der Waals surface area contributed by atoms with Crippen molar-refractivity contribution in [3.05, 3.63) is 82.8 Å². The van der Waals surface area contributed by atoms with Gasteiger partial charge in [0.15, 0.2) is 0 Å². The molecular weight excluding hydrogens is 462 g/mol. The lowest BCUT2D eigenvalue weighted by atomic mass is 10.0. The van der Waals surface area contributed by atoms with Crippen LogP contribution in [0.3, 0.4) is 0 Å². The van der Waals surface area contributed by atoms with Gasteiger partial charge in [-0.25, -0.2) is 9.78 Å². The number of carbonyl (C=O) groups is 1. The standard InChI is InChI=1S/C27H30ClN5O2/c1-5-8-24(32(3)4)21-13-18(2)31-26-20(21)9-6-10-25(26)35-17-22-19(14-29-15-23(22)28)16-33-12-7-11-30-27(33)34/h5-6,8-10,13-15H,1,7,11-12,16-17H2,2-4H3,(H,30,34)/b24-8-. The number of halogens is 1. The molecule has 1 N–H and O–H groups in total. The van der Waals surface area contributed by atoms with Crippen LogP contribution in [-0.4, -0.2) is 53.0 Å². The molecule has 2 aromatic heterocycles.